The fraction of sp³-hybridized carbons (Fsp3) is 0.800. The number of ether oxygens (including phenoxy) is 1. The van der Waals surface area contributed by atoms with E-state index < -0.39 is 0 Å². The van der Waals surface area contributed by atoms with Crippen LogP contribution in [0.3, 0.4) is 0 Å². The summed E-state index contributed by atoms with van der Waals surface area (Å²) >= 11 is 0. The van der Waals surface area contributed by atoms with Crippen LogP contribution in [0.4, 0.5) is 5.82 Å². The second-order valence-electron chi connectivity index (χ2n) is 8.04. The smallest absolute Gasteiger partial charge is 0.135 e. The van der Waals surface area contributed by atoms with Crippen molar-refractivity contribution >= 4 is 5.82 Å². The molecule has 0 unspecified atom stereocenters. The minimum absolute atomic E-state index is 0.574. The first-order valence-corrected chi connectivity index (χ1v) is 10.2. The van der Waals surface area contributed by atoms with Crippen molar-refractivity contribution in [2.24, 2.45) is 0 Å². The first kappa shape index (κ1) is 17.2. The third kappa shape index (κ3) is 3.68. The Kier molecular flexibility index (Phi) is 5.23. The predicted octanol–water partition coefficient (Wildman–Crippen LogP) is 2.78. The van der Waals surface area contributed by atoms with Crippen LogP contribution in [0.5, 0.6) is 0 Å². The van der Waals surface area contributed by atoms with Gasteiger partial charge in [-0.15, -0.1) is 0 Å². The Morgan fingerprint density at radius 2 is 1.68 bits per heavy atom. The molecule has 1 aromatic heterocycles. The van der Waals surface area contributed by atoms with Gasteiger partial charge in [0.2, 0.25) is 0 Å². The van der Waals surface area contributed by atoms with E-state index in [9.17, 15) is 0 Å². The molecule has 0 atom stereocenters. The highest BCUT2D eigenvalue weighted by molar-refractivity contribution is 5.51. The molecule has 2 aliphatic heterocycles. The molecule has 0 amide bonds. The van der Waals surface area contributed by atoms with Crippen LogP contribution in [-0.4, -0.2) is 60.3 Å². The maximum Gasteiger partial charge on any atom is 0.135 e. The first-order chi connectivity index (χ1) is 12.2. The molecule has 138 valence electrons. The molecule has 0 spiro atoms. The molecule has 0 bridgehead atoms. The Hall–Kier alpha value is -1.20. The number of piperazine rings is 1. The van der Waals surface area contributed by atoms with Crippen LogP contribution in [0.25, 0.3) is 0 Å². The molecule has 5 nitrogen and oxygen atoms in total. The summed E-state index contributed by atoms with van der Waals surface area (Å²) in [6.45, 7) is 10.6. The maximum atomic E-state index is 5.74. The van der Waals surface area contributed by atoms with Crippen LogP contribution < -0.4 is 4.90 Å². The molecule has 3 heterocycles. The molecule has 0 aromatic carbocycles. The van der Waals surface area contributed by atoms with Crippen LogP contribution in [0, 0.1) is 0 Å². The molecule has 0 radical (unpaired) electrons. The van der Waals surface area contributed by atoms with Crippen molar-refractivity contribution in [1.29, 1.82) is 0 Å². The Balaban J connectivity index is 1.64. The van der Waals surface area contributed by atoms with Crippen LogP contribution in [0.1, 0.15) is 62.5 Å². The largest absolute Gasteiger partial charge is 0.381 e. The standard InChI is InChI=1S/C20H32N4O/c1-15(2)23-9-11-24(12-10-23)20-17-7-13-25-14-8-18(17)21-19(22-20)16-5-3-4-6-16/h15-16H,3-14H2,1-2H3. The summed E-state index contributed by atoms with van der Waals surface area (Å²) in [5, 5.41) is 0. The average molecular weight is 345 g/mol. The van der Waals surface area contributed by atoms with Gasteiger partial charge >= 0.3 is 0 Å². The molecular formula is C20H32N4O. The fourth-order valence-electron chi connectivity index (χ4n) is 4.52. The monoisotopic (exact) mass is 344 g/mol. The summed E-state index contributed by atoms with van der Waals surface area (Å²) in [6.07, 6.45) is 7.08. The van der Waals surface area contributed by atoms with Gasteiger partial charge in [-0.05, 0) is 26.7 Å². The highest BCUT2D eigenvalue weighted by Crippen LogP contribution is 2.35. The van der Waals surface area contributed by atoms with Gasteiger partial charge in [0.15, 0.2) is 0 Å². The van der Waals surface area contributed by atoms with Crippen LogP contribution in [0.15, 0.2) is 0 Å². The van der Waals surface area contributed by atoms with E-state index in [4.69, 9.17) is 14.7 Å². The average Bonchev–Trinajstić information content (AvgIpc) is 3.06. The van der Waals surface area contributed by atoms with Gasteiger partial charge in [-0.1, -0.05) is 12.8 Å². The van der Waals surface area contributed by atoms with Crippen molar-refractivity contribution in [3.05, 3.63) is 17.1 Å². The van der Waals surface area contributed by atoms with E-state index >= 15 is 0 Å². The third-order valence-electron chi connectivity index (χ3n) is 6.13. The van der Waals surface area contributed by atoms with Crippen molar-refractivity contribution in [3.8, 4) is 0 Å². The fourth-order valence-corrected chi connectivity index (χ4v) is 4.52. The lowest BCUT2D eigenvalue weighted by Crippen LogP contribution is -2.49. The molecule has 1 aliphatic carbocycles. The molecular weight excluding hydrogens is 312 g/mol. The van der Waals surface area contributed by atoms with E-state index in [1.54, 1.807) is 0 Å². The normalized spacial score (nSPS) is 23.1. The SMILES string of the molecule is CC(C)N1CCN(c2nc(C3CCCC3)nc3c2CCOCC3)CC1. The highest BCUT2D eigenvalue weighted by Gasteiger charge is 2.28. The first-order valence-electron chi connectivity index (χ1n) is 10.2. The number of rotatable bonds is 3. The highest BCUT2D eigenvalue weighted by atomic mass is 16.5. The molecule has 1 aromatic rings. The Bertz CT molecular complexity index is 590. The minimum atomic E-state index is 0.574. The number of hydrogen-bond acceptors (Lipinski definition) is 5. The van der Waals surface area contributed by atoms with Crippen molar-refractivity contribution in [3.63, 3.8) is 0 Å². The van der Waals surface area contributed by atoms with E-state index in [0.717, 1.165) is 58.1 Å². The second kappa shape index (κ2) is 7.58. The molecule has 1 saturated heterocycles. The summed E-state index contributed by atoms with van der Waals surface area (Å²) in [5.41, 5.74) is 2.62. The van der Waals surface area contributed by atoms with Crippen LogP contribution in [0.2, 0.25) is 0 Å². The molecule has 0 N–H and O–H groups in total. The van der Waals surface area contributed by atoms with Gasteiger partial charge in [0.25, 0.3) is 0 Å². The topological polar surface area (TPSA) is 41.5 Å². The van der Waals surface area contributed by atoms with Crippen molar-refractivity contribution in [2.45, 2.75) is 64.3 Å². The summed E-state index contributed by atoms with van der Waals surface area (Å²) in [6, 6.07) is 0.632. The molecule has 3 aliphatic rings. The number of aromatic nitrogens is 2. The molecule has 5 heteroatoms. The number of fused-ring (bicyclic) bond motifs is 1. The summed E-state index contributed by atoms with van der Waals surface area (Å²) in [4.78, 5) is 15.3. The van der Waals surface area contributed by atoms with Gasteiger partial charge in [-0.25, -0.2) is 9.97 Å². The zero-order valence-electron chi connectivity index (χ0n) is 15.8. The van der Waals surface area contributed by atoms with E-state index in [0.29, 0.717) is 12.0 Å². The lowest BCUT2D eigenvalue weighted by atomic mass is 10.0. The number of anilines is 1. The Morgan fingerprint density at radius 1 is 0.960 bits per heavy atom. The van der Waals surface area contributed by atoms with E-state index in [2.05, 4.69) is 23.6 Å². The maximum absolute atomic E-state index is 5.74. The minimum Gasteiger partial charge on any atom is -0.381 e. The zero-order valence-corrected chi connectivity index (χ0v) is 15.8. The Labute approximate surface area is 151 Å². The van der Waals surface area contributed by atoms with E-state index in [1.807, 2.05) is 0 Å². The van der Waals surface area contributed by atoms with Crippen LogP contribution in [-0.2, 0) is 17.6 Å². The van der Waals surface area contributed by atoms with Gasteiger partial charge in [-0.2, -0.15) is 0 Å². The van der Waals surface area contributed by atoms with Gasteiger partial charge in [-0.3, -0.25) is 4.90 Å². The predicted molar refractivity (Wildman–Crippen MR) is 100 cm³/mol. The molecule has 4 rings (SSSR count). The lowest BCUT2D eigenvalue weighted by Gasteiger charge is -2.38. The van der Waals surface area contributed by atoms with Gasteiger partial charge in [0.05, 0.1) is 18.9 Å². The van der Waals surface area contributed by atoms with Crippen molar-refractivity contribution < 1.29 is 4.74 Å². The van der Waals surface area contributed by atoms with E-state index in [-0.39, 0.29) is 0 Å². The van der Waals surface area contributed by atoms with Gasteiger partial charge in [0.1, 0.15) is 11.6 Å². The van der Waals surface area contributed by atoms with Crippen molar-refractivity contribution in [2.75, 3.05) is 44.3 Å². The summed E-state index contributed by atoms with van der Waals surface area (Å²) < 4.78 is 5.74. The summed E-state index contributed by atoms with van der Waals surface area (Å²) in [5.74, 6) is 2.91. The zero-order chi connectivity index (χ0) is 17.2. The number of nitrogens with zero attached hydrogens (tertiary/aromatic N) is 4. The summed E-state index contributed by atoms with van der Waals surface area (Å²) in [7, 11) is 0. The Morgan fingerprint density at radius 3 is 2.40 bits per heavy atom. The van der Waals surface area contributed by atoms with Gasteiger partial charge in [0, 0.05) is 56.5 Å². The lowest BCUT2D eigenvalue weighted by molar-refractivity contribution is 0.146. The van der Waals surface area contributed by atoms with Crippen LogP contribution >= 0.6 is 0 Å². The molecule has 25 heavy (non-hydrogen) atoms. The molecule has 2 fully saturated rings. The quantitative estimate of drug-likeness (QED) is 0.843. The van der Waals surface area contributed by atoms with Gasteiger partial charge < -0.3 is 9.64 Å². The second-order valence-corrected chi connectivity index (χ2v) is 8.04. The molecule has 1 saturated carbocycles. The third-order valence-corrected chi connectivity index (χ3v) is 6.13. The number of hydrogen-bond donors (Lipinski definition) is 0. The van der Waals surface area contributed by atoms with Crippen molar-refractivity contribution in [1.82, 2.24) is 14.9 Å². The van der Waals surface area contributed by atoms with E-state index in [1.165, 1.54) is 42.8 Å².